The average molecular weight is 216 g/mol. The van der Waals surface area contributed by atoms with Crippen LogP contribution in [-0.2, 0) is 0 Å². The molecule has 15 heavy (non-hydrogen) atoms. The summed E-state index contributed by atoms with van der Waals surface area (Å²) in [6.07, 6.45) is 3.61. The summed E-state index contributed by atoms with van der Waals surface area (Å²) >= 11 is 1.48. The molecule has 0 bridgehead atoms. The molecule has 74 valence electrons. The van der Waals surface area contributed by atoms with Crippen LogP contribution in [0.3, 0.4) is 0 Å². The van der Waals surface area contributed by atoms with Gasteiger partial charge in [0, 0.05) is 17.1 Å². The lowest BCUT2D eigenvalue weighted by molar-refractivity contribution is 1.12. The molecule has 2 heterocycles. The maximum absolute atomic E-state index is 5.62. The van der Waals surface area contributed by atoms with Crippen LogP contribution in [0.2, 0.25) is 0 Å². The molecule has 0 aliphatic carbocycles. The SMILES string of the molecule is Nc1ncc(-c2cccc3[nH]ncc23)s1. The Kier molecular flexibility index (Phi) is 1.72. The number of hydrogen-bond donors (Lipinski definition) is 2. The number of aromatic amines is 1. The van der Waals surface area contributed by atoms with Gasteiger partial charge in [0.15, 0.2) is 5.13 Å². The van der Waals surface area contributed by atoms with Crippen molar-refractivity contribution in [1.82, 2.24) is 15.2 Å². The van der Waals surface area contributed by atoms with E-state index in [1.807, 2.05) is 24.4 Å². The fraction of sp³-hybridized carbons (Fsp3) is 0. The van der Waals surface area contributed by atoms with Crippen molar-refractivity contribution in [3.8, 4) is 10.4 Å². The van der Waals surface area contributed by atoms with Gasteiger partial charge in [-0.3, -0.25) is 5.10 Å². The molecule has 0 atom stereocenters. The Morgan fingerprint density at radius 1 is 1.27 bits per heavy atom. The van der Waals surface area contributed by atoms with Crippen molar-refractivity contribution in [2.24, 2.45) is 0 Å². The Morgan fingerprint density at radius 3 is 3.00 bits per heavy atom. The van der Waals surface area contributed by atoms with E-state index in [-0.39, 0.29) is 0 Å². The smallest absolute Gasteiger partial charge is 0.180 e. The molecule has 3 N–H and O–H groups in total. The Bertz CT molecular complexity index is 610. The van der Waals surface area contributed by atoms with E-state index in [9.17, 15) is 0 Å². The van der Waals surface area contributed by atoms with E-state index in [1.165, 1.54) is 11.3 Å². The van der Waals surface area contributed by atoms with E-state index in [2.05, 4.69) is 15.2 Å². The second-order valence-corrected chi connectivity index (χ2v) is 4.26. The summed E-state index contributed by atoms with van der Waals surface area (Å²) < 4.78 is 0. The molecule has 0 radical (unpaired) electrons. The number of H-pyrrole nitrogens is 1. The fourth-order valence-corrected chi connectivity index (χ4v) is 2.32. The number of nitrogens with zero attached hydrogens (tertiary/aromatic N) is 2. The Morgan fingerprint density at radius 2 is 2.20 bits per heavy atom. The Hall–Kier alpha value is -1.88. The quantitative estimate of drug-likeness (QED) is 0.655. The van der Waals surface area contributed by atoms with Crippen LogP contribution in [0.4, 0.5) is 5.13 Å². The third-order valence-corrected chi connectivity index (χ3v) is 3.13. The van der Waals surface area contributed by atoms with E-state index in [0.717, 1.165) is 21.3 Å². The van der Waals surface area contributed by atoms with Gasteiger partial charge in [-0.2, -0.15) is 5.10 Å². The number of nitrogens with one attached hydrogen (secondary N) is 1. The summed E-state index contributed by atoms with van der Waals surface area (Å²) in [5.74, 6) is 0. The van der Waals surface area contributed by atoms with Crippen LogP contribution in [0.1, 0.15) is 0 Å². The van der Waals surface area contributed by atoms with Crippen molar-refractivity contribution < 1.29 is 0 Å². The highest BCUT2D eigenvalue weighted by molar-refractivity contribution is 7.18. The number of benzene rings is 1. The summed E-state index contributed by atoms with van der Waals surface area (Å²) in [7, 11) is 0. The van der Waals surface area contributed by atoms with Gasteiger partial charge in [0.2, 0.25) is 0 Å². The standard InChI is InChI=1S/C10H8N4S/c11-10-12-5-9(15-10)6-2-1-3-8-7(6)4-13-14-8/h1-5H,(H2,11,12)(H,13,14). The molecule has 0 aliphatic heterocycles. The van der Waals surface area contributed by atoms with Crippen molar-refractivity contribution >= 4 is 27.4 Å². The molecule has 0 saturated carbocycles. The average Bonchev–Trinajstić information content (AvgIpc) is 2.84. The lowest BCUT2D eigenvalue weighted by Gasteiger charge is -1.97. The van der Waals surface area contributed by atoms with Crippen LogP contribution in [0.5, 0.6) is 0 Å². The van der Waals surface area contributed by atoms with Crippen LogP contribution in [0.25, 0.3) is 21.3 Å². The molecule has 4 nitrogen and oxygen atoms in total. The minimum atomic E-state index is 0.588. The monoisotopic (exact) mass is 216 g/mol. The van der Waals surface area contributed by atoms with Crippen LogP contribution in [0.15, 0.2) is 30.6 Å². The second kappa shape index (κ2) is 3.06. The number of nitrogens with two attached hydrogens (primary N) is 1. The predicted molar refractivity (Wildman–Crippen MR) is 61.6 cm³/mol. The van der Waals surface area contributed by atoms with Crippen LogP contribution in [-0.4, -0.2) is 15.2 Å². The van der Waals surface area contributed by atoms with Crippen molar-refractivity contribution in [1.29, 1.82) is 0 Å². The predicted octanol–water partition coefficient (Wildman–Crippen LogP) is 2.27. The van der Waals surface area contributed by atoms with Gasteiger partial charge < -0.3 is 5.73 Å². The molecule has 0 unspecified atom stereocenters. The van der Waals surface area contributed by atoms with Crippen LogP contribution < -0.4 is 5.73 Å². The minimum absolute atomic E-state index is 0.588. The summed E-state index contributed by atoms with van der Waals surface area (Å²) in [5.41, 5.74) is 7.77. The van der Waals surface area contributed by atoms with Gasteiger partial charge in [-0.05, 0) is 6.07 Å². The number of fused-ring (bicyclic) bond motifs is 1. The molecule has 3 aromatic rings. The molecule has 1 aromatic carbocycles. The molecule has 0 saturated heterocycles. The van der Waals surface area contributed by atoms with Crippen LogP contribution >= 0.6 is 11.3 Å². The Labute approximate surface area is 89.8 Å². The molecule has 0 spiro atoms. The van der Waals surface area contributed by atoms with Crippen LogP contribution in [0, 0.1) is 0 Å². The first-order valence-corrected chi connectivity index (χ1v) is 5.30. The molecule has 5 heteroatoms. The van der Waals surface area contributed by atoms with Gasteiger partial charge in [-0.15, -0.1) is 0 Å². The van der Waals surface area contributed by atoms with Crippen molar-refractivity contribution in [2.75, 3.05) is 5.73 Å². The largest absolute Gasteiger partial charge is 0.375 e. The van der Waals surface area contributed by atoms with Gasteiger partial charge in [-0.25, -0.2) is 4.98 Å². The van der Waals surface area contributed by atoms with Gasteiger partial charge in [0.05, 0.1) is 16.6 Å². The molecule has 3 rings (SSSR count). The third kappa shape index (κ3) is 1.28. The van der Waals surface area contributed by atoms with Gasteiger partial charge in [-0.1, -0.05) is 23.5 Å². The highest BCUT2D eigenvalue weighted by atomic mass is 32.1. The third-order valence-electron chi connectivity index (χ3n) is 2.27. The number of hydrogen-bond acceptors (Lipinski definition) is 4. The number of anilines is 1. The number of thiazole rings is 1. The molecular weight excluding hydrogens is 208 g/mol. The van der Waals surface area contributed by atoms with Crippen molar-refractivity contribution in [2.45, 2.75) is 0 Å². The summed E-state index contributed by atoms with van der Waals surface area (Å²) in [6, 6.07) is 6.03. The van der Waals surface area contributed by atoms with Gasteiger partial charge in [0.25, 0.3) is 0 Å². The van der Waals surface area contributed by atoms with E-state index in [1.54, 1.807) is 6.20 Å². The zero-order valence-corrected chi connectivity index (χ0v) is 8.58. The molecule has 2 aromatic heterocycles. The maximum Gasteiger partial charge on any atom is 0.180 e. The van der Waals surface area contributed by atoms with E-state index >= 15 is 0 Å². The highest BCUT2D eigenvalue weighted by Gasteiger charge is 2.07. The first kappa shape index (κ1) is 8.43. The zero-order chi connectivity index (χ0) is 10.3. The summed E-state index contributed by atoms with van der Waals surface area (Å²) in [5, 5.41) is 8.65. The zero-order valence-electron chi connectivity index (χ0n) is 7.77. The molecule has 0 aliphatic rings. The number of aromatic nitrogens is 3. The number of nitrogen functional groups attached to an aromatic ring is 1. The maximum atomic E-state index is 5.62. The minimum Gasteiger partial charge on any atom is -0.375 e. The molecule has 0 amide bonds. The van der Waals surface area contributed by atoms with Crippen molar-refractivity contribution in [3.63, 3.8) is 0 Å². The summed E-state index contributed by atoms with van der Waals surface area (Å²) in [6.45, 7) is 0. The molecule has 0 fully saturated rings. The number of rotatable bonds is 1. The topological polar surface area (TPSA) is 67.6 Å². The second-order valence-electron chi connectivity index (χ2n) is 3.20. The van der Waals surface area contributed by atoms with E-state index in [0.29, 0.717) is 5.13 Å². The Balaban J connectivity index is 2.30. The normalized spacial score (nSPS) is 10.9. The van der Waals surface area contributed by atoms with E-state index in [4.69, 9.17) is 5.73 Å². The lowest BCUT2D eigenvalue weighted by atomic mass is 10.1. The van der Waals surface area contributed by atoms with E-state index < -0.39 is 0 Å². The first-order chi connectivity index (χ1) is 7.34. The van der Waals surface area contributed by atoms with Crippen molar-refractivity contribution in [3.05, 3.63) is 30.6 Å². The van der Waals surface area contributed by atoms with Gasteiger partial charge in [0.1, 0.15) is 0 Å². The first-order valence-electron chi connectivity index (χ1n) is 4.48. The molecular formula is C10H8N4S. The summed E-state index contributed by atoms with van der Waals surface area (Å²) in [4.78, 5) is 5.12. The lowest BCUT2D eigenvalue weighted by Crippen LogP contribution is -1.77. The van der Waals surface area contributed by atoms with Gasteiger partial charge >= 0.3 is 0 Å². The highest BCUT2D eigenvalue weighted by Crippen LogP contribution is 2.32. The fourth-order valence-electron chi connectivity index (χ4n) is 1.60.